The van der Waals surface area contributed by atoms with Crippen molar-refractivity contribution in [3.63, 3.8) is 0 Å². The standard InChI is InChI=1S/C7H11N5O/c1-4-6(3-9-10-4)5(2)11-12-7(8)13/h3H,1-2H3,(H,9,10)(H3,8,12,13). The van der Waals surface area contributed by atoms with Gasteiger partial charge in [0.1, 0.15) is 0 Å². The number of aromatic amines is 1. The third-order valence-corrected chi connectivity index (χ3v) is 1.55. The molecule has 0 spiro atoms. The van der Waals surface area contributed by atoms with E-state index in [-0.39, 0.29) is 0 Å². The minimum absolute atomic E-state index is 0.657. The molecule has 0 radical (unpaired) electrons. The maximum absolute atomic E-state index is 10.3. The minimum atomic E-state index is -0.680. The maximum Gasteiger partial charge on any atom is 0.332 e. The Labute approximate surface area is 75.2 Å². The Morgan fingerprint density at radius 3 is 2.92 bits per heavy atom. The fourth-order valence-corrected chi connectivity index (χ4v) is 0.915. The maximum atomic E-state index is 10.3. The van der Waals surface area contributed by atoms with E-state index in [1.165, 1.54) is 0 Å². The van der Waals surface area contributed by atoms with Gasteiger partial charge in [-0.25, -0.2) is 10.2 Å². The number of rotatable bonds is 2. The molecule has 0 aromatic carbocycles. The Hall–Kier alpha value is -1.85. The van der Waals surface area contributed by atoms with Crippen LogP contribution >= 0.6 is 0 Å². The molecule has 1 aromatic rings. The Bertz CT molecular complexity index is 340. The zero-order valence-electron chi connectivity index (χ0n) is 7.46. The molecule has 1 rings (SSSR count). The number of nitrogens with two attached hydrogens (primary N) is 1. The first-order valence-corrected chi connectivity index (χ1v) is 3.71. The molecular weight excluding hydrogens is 170 g/mol. The highest BCUT2D eigenvalue weighted by atomic mass is 16.2. The average molecular weight is 181 g/mol. The van der Waals surface area contributed by atoms with Gasteiger partial charge in [0.15, 0.2) is 0 Å². The van der Waals surface area contributed by atoms with Gasteiger partial charge in [-0.15, -0.1) is 0 Å². The summed E-state index contributed by atoms with van der Waals surface area (Å²) in [7, 11) is 0. The average Bonchev–Trinajstić information content (AvgIpc) is 2.47. The van der Waals surface area contributed by atoms with Crippen LogP contribution in [0.25, 0.3) is 0 Å². The summed E-state index contributed by atoms with van der Waals surface area (Å²) < 4.78 is 0. The van der Waals surface area contributed by atoms with Crippen LogP contribution in [0, 0.1) is 6.92 Å². The number of hydrazone groups is 1. The summed E-state index contributed by atoms with van der Waals surface area (Å²) in [5.74, 6) is 0. The van der Waals surface area contributed by atoms with Crippen molar-refractivity contribution in [2.45, 2.75) is 13.8 Å². The zero-order chi connectivity index (χ0) is 9.84. The van der Waals surface area contributed by atoms with Crippen LogP contribution in [-0.2, 0) is 0 Å². The Balaban J connectivity index is 2.78. The minimum Gasteiger partial charge on any atom is -0.350 e. The van der Waals surface area contributed by atoms with Crippen molar-refractivity contribution in [2.75, 3.05) is 0 Å². The SMILES string of the molecule is CC(=NNC(N)=O)c1cn[nH]c1C. The summed E-state index contributed by atoms with van der Waals surface area (Å²) in [5.41, 5.74) is 9.41. The van der Waals surface area contributed by atoms with Crippen molar-refractivity contribution in [1.29, 1.82) is 0 Å². The highest BCUT2D eigenvalue weighted by molar-refractivity contribution is 5.99. The number of aromatic nitrogens is 2. The summed E-state index contributed by atoms with van der Waals surface area (Å²) in [5, 5.41) is 10.3. The first kappa shape index (κ1) is 9.24. The second-order valence-electron chi connectivity index (χ2n) is 2.58. The van der Waals surface area contributed by atoms with Crippen molar-refractivity contribution in [3.05, 3.63) is 17.5 Å². The second-order valence-corrected chi connectivity index (χ2v) is 2.58. The molecule has 0 aliphatic heterocycles. The third-order valence-electron chi connectivity index (χ3n) is 1.55. The molecule has 0 saturated heterocycles. The Kier molecular flexibility index (Phi) is 2.63. The second kappa shape index (κ2) is 3.70. The van der Waals surface area contributed by atoms with Gasteiger partial charge < -0.3 is 5.73 Å². The number of amides is 2. The number of nitrogens with zero attached hydrogens (tertiary/aromatic N) is 2. The number of urea groups is 1. The van der Waals surface area contributed by atoms with Crippen LogP contribution in [0.3, 0.4) is 0 Å². The molecule has 0 bridgehead atoms. The summed E-state index contributed by atoms with van der Waals surface area (Å²) >= 11 is 0. The van der Waals surface area contributed by atoms with Gasteiger partial charge >= 0.3 is 6.03 Å². The van der Waals surface area contributed by atoms with E-state index in [4.69, 9.17) is 5.73 Å². The van der Waals surface area contributed by atoms with Crippen molar-refractivity contribution in [3.8, 4) is 0 Å². The summed E-state index contributed by atoms with van der Waals surface area (Å²) in [4.78, 5) is 10.3. The lowest BCUT2D eigenvalue weighted by atomic mass is 10.2. The Morgan fingerprint density at radius 2 is 2.46 bits per heavy atom. The van der Waals surface area contributed by atoms with E-state index in [0.717, 1.165) is 11.3 Å². The summed E-state index contributed by atoms with van der Waals surface area (Å²) in [6, 6.07) is -0.680. The third kappa shape index (κ3) is 2.29. The molecule has 1 aromatic heterocycles. The van der Waals surface area contributed by atoms with Gasteiger partial charge in [-0.1, -0.05) is 0 Å². The van der Waals surface area contributed by atoms with Gasteiger partial charge in [-0.05, 0) is 13.8 Å². The van der Waals surface area contributed by atoms with Crippen LogP contribution in [-0.4, -0.2) is 21.9 Å². The summed E-state index contributed by atoms with van der Waals surface area (Å²) in [6.07, 6.45) is 1.64. The van der Waals surface area contributed by atoms with Crippen LogP contribution in [0.5, 0.6) is 0 Å². The molecule has 13 heavy (non-hydrogen) atoms. The van der Waals surface area contributed by atoms with Gasteiger partial charge in [0.05, 0.1) is 11.9 Å². The number of hydrogen-bond donors (Lipinski definition) is 3. The van der Waals surface area contributed by atoms with Crippen molar-refractivity contribution < 1.29 is 4.79 Å². The normalized spacial score (nSPS) is 11.4. The molecule has 70 valence electrons. The van der Waals surface area contributed by atoms with Crippen LogP contribution in [0.1, 0.15) is 18.2 Å². The molecule has 0 fully saturated rings. The molecule has 4 N–H and O–H groups in total. The van der Waals surface area contributed by atoms with E-state index in [1.807, 2.05) is 6.92 Å². The van der Waals surface area contributed by atoms with E-state index in [2.05, 4.69) is 20.7 Å². The number of carbonyl (C=O) groups is 1. The molecule has 0 unspecified atom stereocenters. The predicted octanol–water partition coefficient (Wildman–Crippen LogP) is 0.110. The lowest BCUT2D eigenvalue weighted by Crippen LogP contribution is -2.25. The quantitative estimate of drug-likeness (QED) is 0.446. The fraction of sp³-hybridized carbons (Fsp3) is 0.286. The number of carbonyl (C=O) groups excluding carboxylic acids is 1. The predicted molar refractivity (Wildman–Crippen MR) is 48.3 cm³/mol. The molecule has 6 heteroatoms. The first-order valence-electron chi connectivity index (χ1n) is 3.71. The molecule has 2 amide bonds. The highest BCUT2D eigenvalue weighted by Crippen LogP contribution is 2.03. The number of nitrogens with one attached hydrogen (secondary N) is 2. The molecular formula is C7H11N5O. The smallest absolute Gasteiger partial charge is 0.332 e. The topological polar surface area (TPSA) is 96.2 Å². The van der Waals surface area contributed by atoms with Gasteiger partial charge in [0.25, 0.3) is 0 Å². The van der Waals surface area contributed by atoms with Crippen LogP contribution in [0.15, 0.2) is 11.3 Å². The van der Waals surface area contributed by atoms with Crippen molar-refractivity contribution in [2.24, 2.45) is 10.8 Å². The number of primary amides is 1. The van der Waals surface area contributed by atoms with E-state index in [1.54, 1.807) is 13.1 Å². The lowest BCUT2D eigenvalue weighted by Gasteiger charge is -1.97. The van der Waals surface area contributed by atoms with E-state index >= 15 is 0 Å². The molecule has 6 nitrogen and oxygen atoms in total. The van der Waals surface area contributed by atoms with Gasteiger partial charge in [-0.2, -0.15) is 10.2 Å². The highest BCUT2D eigenvalue weighted by Gasteiger charge is 2.03. The van der Waals surface area contributed by atoms with Crippen LogP contribution in [0.2, 0.25) is 0 Å². The first-order chi connectivity index (χ1) is 6.11. The van der Waals surface area contributed by atoms with Gasteiger partial charge in [-0.3, -0.25) is 5.10 Å². The molecule has 0 saturated carbocycles. The molecule has 0 aliphatic carbocycles. The van der Waals surface area contributed by atoms with E-state index in [0.29, 0.717) is 5.71 Å². The van der Waals surface area contributed by atoms with Gasteiger partial charge in [0, 0.05) is 11.3 Å². The molecule has 0 aliphatic rings. The fourth-order valence-electron chi connectivity index (χ4n) is 0.915. The number of hydrogen-bond acceptors (Lipinski definition) is 3. The number of H-pyrrole nitrogens is 1. The van der Waals surface area contributed by atoms with E-state index < -0.39 is 6.03 Å². The molecule has 1 heterocycles. The largest absolute Gasteiger partial charge is 0.350 e. The van der Waals surface area contributed by atoms with Crippen molar-refractivity contribution >= 4 is 11.7 Å². The van der Waals surface area contributed by atoms with Crippen molar-refractivity contribution in [1.82, 2.24) is 15.6 Å². The number of aryl methyl sites for hydroxylation is 1. The lowest BCUT2D eigenvalue weighted by molar-refractivity contribution is 0.249. The monoisotopic (exact) mass is 181 g/mol. The zero-order valence-corrected chi connectivity index (χ0v) is 7.46. The van der Waals surface area contributed by atoms with Crippen LogP contribution in [0.4, 0.5) is 4.79 Å². The molecule has 0 atom stereocenters. The Morgan fingerprint density at radius 1 is 1.77 bits per heavy atom. The summed E-state index contributed by atoms with van der Waals surface area (Å²) in [6.45, 7) is 3.62. The van der Waals surface area contributed by atoms with E-state index in [9.17, 15) is 4.79 Å². The van der Waals surface area contributed by atoms with Gasteiger partial charge in [0.2, 0.25) is 0 Å². The van der Waals surface area contributed by atoms with Crippen LogP contribution < -0.4 is 11.2 Å².